The monoisotopic (exact) mass is 389 g/mol. The molecule has 1 N–H and O–H groups in total. The van der Waals surface area contributed by atoms with Crippen LogP contribution in [0.3, 0.4) is 0 Å². The topological polar surface area (TPSA) is 97.1 Å². The van der Waals surface area contributed by atoms with Gasteiger partial charge in [-0.15, -0.1) is 0 Å². The van der Waals surface area contributed by atoms with Gasteiger partial charge < -0.3 is 19.1 Å². The van der Waals surface area contributed by atoms with Crippen molar-refractivity contribution >= 4 is 16.9 Å². The molecule has 0 fully saturated rings. The molecular weight excluding hydrogens is 365 g/mol. The van der Waals surface area contributed by atoms with Crippen LogP contribution in [0.15, 0.2) is 22.7 Å². The van der Waals surface area contributed by atoms with Crippen molar-refractivity contribution in [2.45, 2.75) is 40.3 Å². The number of aromatic nitrogens is 4. The van der Waals surface area contributed by atoms with Gasteiger partial charge in [0.15, 0.2) is 5.82 Å². The second-order valence-electron chi connectivity index (χ2n) is 6.95. The predicted octanol–water partition coefficient (Wildman–Crippen LogP) is 2.85. The minimum Gasteiger partial charge on any atom is -0.364 e. The van der Waals surface area contributed by atoms with E-state index in [4.69, 9.17) is 9.26 Å². The molecule has 9 heteroatoms. The Morgan fingerprint density at radius 3 is 2.93 bits per heavy atom. The summed E-state index contributed by atoms with van der Waals surface area (Å²) < 4.78 is 23.9. The lowest BCUT2D eigenvalue weighted by atomic mass is 10.1. The Labute approximate surface area is 162 Å². The number of imidazole rings is 1. The molecule has 0 aliphatic rings. The summed E-state index contributed by atoms with van der Waals surface area (Å²) in [6.45, 7) is 6.81. The third kappa shape index (κ3) is 5.13. The summed E-state index contributed by atoms with van der Waals surface area (Å²) in [7, 11) is 0. The van der Waals surface area contributed by atoms with Crippen LogP contribution in [0.4, 0.5) is 4.39 Å². The summed E-state index contributed by atoms with van der Waals surface area (Å²) in [5.74, 6) is 1.49. The normalized spacial score (nSPS) is 11.5. The first kappa shape index (κ1) is 19.9. The number of carbonyl (C=O) groups excluding carboxylic acids is 1. The highest BCUT2D eigenvalue weighted by Gasteiger charge is 2.17. The summed E-state index contributed by atoms with van der Waals surface area (Å²) in [5.41, 5.74) is 1.24. The van der Waals surface area contributed by atoms with E-state index in [1.165, 1.54) is 12.1 Å². The average Bonchev–Trinajstić information content (AvgIpc) is 3.24. The average molecular weight is 389 g/mol. The summed E-state index contributed by atoms with van der Waals surface area (Å²) in [6.07, 6.45) is 0.706. The molecule has 0 unspecified atom stereocenters. The van der Waals surface area contributed by atoms with Crippen molar-refractivity contribution in [3.63, 3.8) is 0 Å². The van der Waals surface area contributed by atoms with Crippen molar-refractivity contribution in [3.8, 4) is 0 Å². The van der Waals surface area contributed by atoms with Crippen LogP contribution < -0.4 is 0 Å². The molecule has 0 aliphatic heterocycles. The number of likely N-dealkylation sites (N-methyl/N-ethyl adjacent to an activating group) is 1. The van der Waals surface area contributed by atoms with Gasteiger partial charge in [0, 0.05) is 13.0 Å². The Bertz CT molecular complexity index is 937. The number of halogens is 1. The Kier molecular flexibility index (Phi) is 6.35. The van der Waals surface area contributed by atoms with Crippen LogP contribution in [0.25, 0.3) is 11.0 Å². The zero-order valence-electron chi connectivity index (χ0n) is 16.2. The lowest BCUT2D eigenvalue weighted by Gasteiger charge is -2.18. The van der Waals surface area contributed by atoms with Crippen molar-refractivity contribution in [1.82, 2.24) is 25.0 Å². The summed E-state index contributed by atoms with van der Waals surface area (Å²) >= 11 is 0. The number of aromatic amines is 1. The molecule has 8 nitrogen and oxygen atoms in total. The molecule has 1 amide bonds. The van der Waals surface area contributed by atoms with Gasteiger partial charge in [0.05, 0.1) is 17.6 Å². The fourth-order valence-corrected chi connectivity index (χ4v) is 2.76. The van der Waals surface area contributed by atoms with Crippen LogP contribution in [0.2, 0.25) is 0 Å². The maximum atomic E-state index is 13.2. The number of ether oxygens (including phenoxy) is 1. The van der Waals surface area contributed by atoms with Gasteiger partial charge >= 0.3 is 0 Å². The largest absolute Gasteiger partial charge is 0.364 e. The van der Waals surface area contributed by atoms with Gasteiger partial charge in [0.2, 0.25) is 11.8 Å². The van der Waals surface area contributed by atoms with E-state index >= 15 is 0 Å². The summed E-state index contributed by atoms with van der Waals surface area (Å²) in [6, 6.07) is 4.31. The Morgan fingerprint density at radius 1 is 1.36 bits per heavy atom. The van der Waals surface area contributed by atoms with Gasteiger partial charge in [-0.25, -0.2) is 9.37 Å². The zero-order chi connectivity index (χ0) is 20.1. The second-order valence-corrected chi connectivity index (χ2v) is 6.95. The van der Waals surface area contributed by atoms with Crippen LogP contribution in [0.1, 0.15) is 38.3 Å². The van der Waals surface area contributed by atoms with Crippen LogP contribution in [-0.2, 0) is 29.1 Å². The van der Waals surface area contributed by atoms with Gasteiger partial charge in [-0.3, -0.25) is 4.79 Å². The van der Waals surface area contributed by atoms with Crippen LogP contribution >= 0.6 is 0 Å². The minimum atomic E-state index is -0.338. The van der Waals surface area contributed by atoms with Gasteiger partial charge in [-0.2, -0.15) is 4.98 Å². The minimum absolute atomic E-state index is 0.101. The number of rotatable bonds is 9. The Hall–Kier alpha value is -2.81. The van der Waals surface area contributed by atoms with E-state index in [0.717, 1.165) is 0 Å². The highest BCUT2D eigenvalue weighted by molar-refractivity contribution is 5.77. The third-order valence-corrected chi connectivity index (χ3v) is 4.12. The highest BCUT2D eigenvalue weighted by Crippen LogP contribution is 2.13. The molecule has 0 aliphatic carbocycles. The standard InChI is InChI=1S/C19H24FN5O3/c1-4-25(9-16-23-18(28-24-16)7-12(2)3)19(26)11-27-10-17-21-14-6-5-13(20)8-15(14)22-17/h5-6,8,12H,4,7,9-11H2,1-3H3,(H,21,22). The van der Waals surface area contributed by atoms with E-state index in [1.54, 1.807) is 11.0 Å². The molecule has 2 aromatic heterocycles. The summed E-state index contributed by atoms with van der Waals surface area (Å²) in [4.78, 5) is 25.6. The molecule has 0 saturated heterocycles. The highest BCUT2D eigenvalue weighted by atomic mass is 19.1. The Morgan fingerprint density at radius 2 is 2.18 bits per heavy atom. The van der Waals surface area contributed by atoms with Gasteiger partial charge in [0.25, 0.3) is 0 Å². The molecule has 2 heterocycles. The first-order chi connectivity index (χ1) is 13.4. The van der Waals surface area contributed by atoms with Crippen molar-refractivity contribution in [3.05, 3.63) is 41.6 Å². The summed E-state index contributed by atoms with van der Waals surface area (Å²) in [5, 5.41) is 3.93. The molecule has 0 saturated carbocycles. The molecule has 150 valence electrons. The number of nitrogens with zero attached hydrogens (tertiary/aromatic N) is 4. The molecule has 28 heavy (non-hydrogen) atoms. The number of carbonyl (C=O) groups is 1. The van der Waals surface area contributed by atoms with Gasteiger partial charge in [-0.05, 0) is 31.0 Å². The van der Waals surface area contributed by atoms with E-state index in [9.17, 15) is 9.18 Å². The zero-order valence-corrected chi connectivity index (χ0v) is 16.2. The third-order valence-electron chi connectivity index (χ3n) is 4.12. The number of hydrogen-bond donors (Lipinski definition) is 1. The van der Waals surface area contributed by atoms with Gasteiger partial charge in [0.1, 0.15) is 24.9 Å². The lowest BCUT2D eigenvalue weighted by Crippen LogP contribution is -2.33. The quantitative estimate of drug-likeness (QED) is 0.604. The molecule has 3 aromatic rings. The number of fused-ring (bicyclic) bond motifs is 1. The number of H-pyrrole nitrogens is 1. The predicted molar refractivity (Wildman–Crippen MR) is 99.6 cm³/mol. The van der Waals surface area contributed by atoms with Gasteiger partial charge in [-0.1, -0.05) is 19.0 Å². The lowest BCUT2D eigenvalue weighted by molar-refractivity contribution is -0.137. The fourth-order valence-electron chi connectivity index (χ4n) is 2.76. The molecule has 0 radical (unpaired) electrons. The fraction of sp³-hybridized carbons (Fsp3) is 0.474. The van der Waals surface area contributed by atoms with E-state index in [0.29, 0.717) is 47.5 Å². The van der Waals surface area contributed by atoms with Crippen molar-refractivity contribution in [1.29, 1.82) is 0 Å². The van der Waals surface area contributed by atoms with Crippen molar-refractivity contribution < 1.29 is 18.4 Å². The first-order valence-electron chi connectivity index (χ1n) is 9.25. The van der Waals surface area contributed by atoms with Crippen molar-refractivity contribution in [2.75, 3.05) is 13.2 Å². The molecule has 0 bridgehead atoms. The van der Waals surface area contributed by atoms with E-state index in [2.05, 4.69) is 34.0 Å². The van der Waals surface area contributed by atoms with Crippen LogP contribution in [0.5, 0.6) is 0 Å². The second kappa shape index (κ2) is 8.92. The molecular formula is C19H24FN5O3. The number of hydrogen-bond acceptors (Lipinski definition) is 6. The smallest absolute Gasteiger partial charge is 0.248 e. The number of benzene rings is 1. The maximum absolute atomic E-state index is 13.2. The molecule has 0 spiro atoms. The molecule has 0 atom stereocenters. The van der Waals surface area contributed by atoms with Crippen molar-refractivity contribution in [2.24, 2.45) is 5.92 Å². The molecule has 1 aromatic carbocycles. The van der Waals surface area contributed by atoms with E-state index < -0.39 is 0 Å². The number of amides is 1. The van der Waals surface area contributed by atoms with Crippen LogP contribution in [-0.4, -0.2) is 44.1 Å². The number of nitrogens with one attached hydrogen (secondary N) is 1. The molecule has 3 rings (SSSR count). The first-order valence-corrected chi connectivity index (χ1v) is 9.25. The maximum Gasteiger partial charge on any atom is 0.248 e. The van der Waals surface area contributed by atoms with E-state index in [-0.39, 0.29) is 31.5 Å². The Balaban J connectivity index is 1.51. The van der Waals surface area contributed by atoms with Crippen LogP contribution in [0, 0.1) is 11.7 Å². The van der Waals surface area contributed by atoms with E-state index in [1.807, 2.05) is 6.92 Å². The SMILES string of the molecule is CCN(Cc1noc(CC(C)C)n1)C(=O)COCc1nc2ccc(F)cc2[nH]1.